The van der Waals surface area contributed by atoms with Gasteiger partial charge in [-0.3, -0.25) is 0 Å². The van der Waals surface area contributed by atoms with Crippen LogP contribution >= 0.6 is 0 Å². The van der Waals surface area contributed by atoms with Gasteiger partial charge in [-0.1, -0.05) is 145 Å². The SMILES string of the molecule is CC(C)(C)c1cc(N2c3cc(-c4ccccc4)ccc3B3c4c2cc2c(oc5ccccc52)c4-c2cccc4c5ccccc5n3c24)cc(C(C)(C)C)c1. The quantitative estimate of drug-likeness (QED) is 0.168. The first-order valence-corrected chi connectivity index (χ1v) is 19.2. The molecule has 0 spiro atoms. The summed E-state index contributed by atoms with van der Waals surface area (Å²) in [7, 11) is 0. The van der Waals surface area contributed by atoms with Crippen LogP contribution in [0.15, 0.2) is 144 Å². The van der Waals surface area contributed by atoms with E-state index in [4.69, 9.17) is 4.42 Å². The minimum Gasteiger partial charge on any atom is -0.455 e. The summed E-state index contributed by atoms with van der Waals surface area (Å²) in [5.74, 6) is 0. The Labute approximate surface area is 316 Å². The second-order valence-corrected chi connectivity index (χ2v) is 17.4. The number of para-hydroxylation sites is 3. The lowest BCUT2D eigenvalue weighted by Gasteiger charge is -2.41. The summed E-state index contributed by atoms with van der Waals surface area (Å²) < 4.78 is 9.58. The fourth-order valence-electron chi connectivity index (χ4n) is 9.33. The van der Waals surface area contributed by atoms with Crippen LogP contribution < -0.4 is 15.8 Å². The van der Waals surface area contributed by atoms with Gasteiger partial charge in [-0.25, -0.2) is 0 Å². The molecule has 0 fully saturated rings. The summed E-state index contributed by atoms with van der Waals surface area (Å²) in [5, 5.41) is 4.85. The van der Waals surface area contributed by atoms with Gasteiger partial charge in [0.2, 0.25) is 0 Å². The number of aromatic nitrogens is 1. The van der Waals surface area contributed by atoms with Gasteiger partial charge >= 0.3 is 6.85 Å². The Morgan fingerprint density at radius 2 is 1.22 bits per heavy atom. The van der Waals surface area contributed by atoms with E-state index < -0.39 is 0 Å². The van der Waals surface area contributed by atoms with Crippen molar-refractivity contribution >= 4 is 78.6 Å². The predicted molar refractivity (Wildman–Crippen MR) is 230 cm³/mol. The van der Waals surface area contributed by atoms with E-state index in [1.165, 1.54) is 83.2 Å². The molecule has 4 heteroatoms. The number of hydrogen-bond donors (Lipinski definition) is 0. The van der Waals surface area contributed by atoms with Gasteiger partial charge in [0.1, 0.15) is 11.2 Å². The number of nitrogens with zero attached hydrogens (tertiary/aromatic N) is 2. The van der Waals surface area contributed by atoms with Crippen molar-refractivity contribution in [1.29, 1.82) is 0 Å². The van der Waals surface area contributed by atoms with E-state index >= 15 is 0 Å². The van der Waals surface area contributed by atoms with Gasteiger partial charge in [0.05, 0.1) is 0 Å². The summed E-state index contributed by atoms with van der Waals surface area (Å²) in [6.45, 7) is 13.9. The molecule has 0 saturated heterocycles. The molecule has 9 aromatic rings. The maximum Gasteiger partial charge on any atom is 0.333 e. The zero-order valence-electron chi connectivity index (χ0n) is 31.7. The Hall–Kier alpha value is -6.00. The molecule has 0 amide bonds. The second-order valence-electron chi connectivity index (χ2n) is 17.4. The highest BCUT2D eigenvalue weighted by atomic mass is 16.3. The van der Waals surface area contributed by atoms with Crippen molar-refractivity contribution < 1.29 is 4.42 Å². The van der Waals surface area contributed by atoms with Gasteiger partial charge in [-0.15, -0.1) is 0 Å². The molecule has 11 rings (SSSR count). The first-order valence-electron chi connectivity index (χ1n) is 19.2. The zero-order chi connectivity index (χ0) is 36.7. The molecular weight excluding hydrogens is 655 g/mol. The van der Waals surface area contributed by atoms with Crippen LogP contribution in [0.25, 0.3) is 66.0 Å². The minimum atomic E-state index is -0.0612. The maximum atomic E-state index is 6.95. The molecule has 2 aliphatic heterocycles. The van der Waals surface area contributed by atoms with Gasteiger partial charge < -0.3 is 13.8 Å². The van der Waals surface area contributed by atoms with Crippen LogP contribution in [-0.2, 0) is 10.8 Å². The molecule has 0 atom stereocenters. The third kappa shape index (κ3) is 4.31. The second kappa shape index (κ2) is 10.8. The molecule has 2 aromatic heterocycles. The van der Waals surface area contributed by atoms with Crippen LogP contribution in [0.3, 0.4) is 0 Å². The topological polar surface area (TPSA) is 21.3 Å². The standard InChI is InChI=1S/C50H41BN2O/c1-49(2,3)32-26-33(50(4,5)6)28-34(27-32)52-42-25-31(30-15-8-7-9-16-30)23-24-40(42)51-46-43(52)29-39-36-18-11-13-22-44(36)54-48(39)45(46)38-20-14-19-37-35-17-10-12-21-41(35)53(51)47(37)38/h7-29H,1-6H3. The Bertz CT molecular complexity index is 2990. The number of hydrogen-bond acceptors (Lipinski definition) is 2. The Balaban J connectivity index is 1.35. The van der Waals surface area contributed by atoms with Crippen LogP contribution in [0.5, 0.6) is 0 Å². The molecule has 0 unspecified atom stereocenters. The van der Waals surface area contributed by atoms with E-state index in [0.717, 1.165) is 21.9 Å². The molecule has 2 aliphatic rings. The van der Waals surface area contributed by atoms with Gasteiger partial charge in [0.15, 0.2) is 0 Å². The van der Waals surface area contributed by atoms with E-state index in [2.05, 4.69) is 190 Å². The molecule has 3 nitrogen and oxygen atoms in total. The van der Waals surface area contributed by atoms with Crippen molar-refractivity contribution in [2.75, 3.05) is 4.90 Å². The van der Waals surface area contributed by atoms with Gasteiger partial charge in [0.25, 0.3) is 0 Å². The van der Waals surface area contributed by atoms with E-state index in [0.29, 0.717) is 0 Å². The Morgan fingerprint density at radius 1 is 0.537 bits per heavy atom. The fraction of sp³-hybridized carbons (Fsp3) is 0.160. The van der Waals surface area contributed by atoms with Crippen LogP contribution in [0, 0.1) is 0 Å². The highest BCUT2D eigenvalue weighted by Crippen LogP contribution is 2.50. The predicted octanol–water partition coefficient (Wildman–Crippen LogP) is 12.4. The van der Waals surface area contributed by atoms with E-state index in [1.807, 2.05) is 0 Å². The molecule has 0 radical (unpaired) electrons. The summed E-state index contributed by atoms with van der Waals surface area (Å²) in [6.07, 6.45) is 0. The van der Waals surface area contributed by atoms with E-state index in [-0.39, 0.29) is 17.7 Å². The largest absolute Gasteiger partial charge is 0.455 e. The highest BCUT2D eigenvalue weighted by Gasteiger charge is 2.44. The third-order valence-corrected chi connectivity index (χ3v) is 12.0. The summed E-state index contributed by atoms with van der Waals surface area (Å²) >= 11 is 0. The minimum absolute atomic E-state index is 0.0399. The molecule has 0 N–H and O–H groups in total. The molecule has 54 heavy (non-hydrogen) atoms. The first kappa shape index (κ1) is 31.5. The maximum absolute atomic E-state index is 6.95. The van der Waals surface area contributed by atoms with E-state index in [9.17, 15) is 0 Å². The molecule has 0 saturated carbocycles. The van der Waals surface area contributed by atoms with Crippen LogP contribution in [0.2, 0.25) is 0 Å². The van der Waals surface area contributed by atoms with Crippen LogP contribution in [0.4, 0.5) is 17.1 Å². The van der Waals surface area contributed by atoms with Gasteiger partial charge in [0, 0.05) is 60.8 Å². The summed E-state index contributed by atoms with van der Waals surface area (Å²) in [6, 6.07) is 52.0. The smallest absolute Gasteiger partial charge is 0.333 e. The lowest BCUT2D eigenvalue weighted by atomic mass is 9.45. The lowest BCUT2D eigenvalue weighted by molar-refractivity contribution is 0.569. The van der Waals surface area contributed by atoms with Crippen molar-refractivity contribution in [3.63, 3.8) is 0 Å². The number of furan rings is 1. The van der Waals surface area contributed by atoms with Crippen molar-refractivity contribution in [2.24, 2.45) is 0 Å². The van der Waals surface area contributed by atoms with E-state index in [1.54, 1.807) is 0 Å². The first-order chi connectivity index (χ1) is 26.1. The number of benzene rings is 7. The molecule has 0 aliphatic carbocycles. The highest BCUT2D eigenvalue weighted by molar-refractivity contribution is 6.90. The number of rotatable bonds is 2. The molecule has 260 valence electrons. The number of fused-ring (bicyclic) bond motifs is 11. The van der Waals surface area contributed by atoms with Crippen LogP contribution in [-0.4, -0.2) is 11.3 Å². The number of anilines is 3. The summed E-state index contributed by atoms with van der Waals surface area (Å²) in [5.41, 5.74) is 18.0. The van der Waals surface area contributed by atoms with Crippen LogP contribution in [0.1, 0.15) is 52.7 Å². The Kier molecular flexibility index (Phi) is 6.30. The van der Waals surface area contributed by atoms with Crippen molar-refractivity contribution in [3.8, 4) is 22.3 Å². The normalized spacial score (nSPS) is 13.7. The van der Waals surface area contributed by atoms with Gasteiger partial charge in [-0.05, 0) is 80.4 Å². The van der Waals surface area contributed by atoms with Crippen molar-refractivity contribution in [2.45, 2.75) is 52.4 Å². The molecular formula is C50H41BN2O. The fourth-order valence-corrected chi connectivity index (χ4v) is 9.33. The Morgan fingerprint density at radius 3 is 1.98 bits per heavy atom. The molecule has 0 bridgehead atoms. The summed E-state index contributed by atoms with van der Waals surface area (Å²) in [4.78, 5) is 2.58. The average Bonchev–Trinajstić information content (AvgIpc) is 3.72. The van der Waals surface area contributed by atoms with Crippen molar-refractivity contribution in [3.05, 3.63) is 151 Å². The third-order valence-electron chi connectivity index (χ3n) is 12.0. The van der Waals surface area contributed by atoms with Gasteiger partial charge in [-0.2, -0.15) is 0 Å². The zero-order valence-corrected chi connectivity index (χ0v) is 31.7. The lowest BCUT2D eigenvalue weighted by Crippen LogP contribution is -2.56. The average molecular weight is 697 g/mol. The van der Waals surface area contributed by atoms with Crippen molar-refractivity contribution in [1.82, 2.24) is 4.48 Å². The molecule has 7 aromatic carbocycles. The monoisotopic (exact) mass is 696 g/mol. The molecule has 4 heterocycles.